The summed E-state index contributed by atoms with van der Waals surface area (Å²) in [5.74, 6) is -0.424. The number of benzene rings is 1. The summed E-state index contributed by atoms with van der Waals surface area (Å²) in [6.07, 6.45) is 0. The van der Waals surface area contributed by atoms with Crippen molar-refractivity contribution in [3.05, 3.63) is 34.2 Å². The number of H-pyrrole nitrogens is 2. The van der Waals surface area contributed by atoms with Gasteiger partial charge in [-0.05, 0) is 31.8 Å². The molecule has 0 bridgehead atoms. The van der Waals surface area contributed by atoms with Crippen molar-refractivity contribution in [3.63, 3.8) is 0 Å². The van der Waals surface area contributed by atoms with Gasteiger partial charge in [0, 0.05) is 0 Å². The SMILES string of the molecule is CN(C)C(C(N)=O)c1ccc2[nH]c(=O)[nH]c2c1. The third-order valence-electron chi connectivity index (χ3n) is 2.64. The van der Waals surface area contributed by atoms with Crippen molar-refractivity contribution in [1.82, 2.24) is 14.9 Å². The minimum atomic E-state index is -0.502. The highest BCUT2D eigenvalue weighted by atomic mass is 16.1. The van der Waals surface area contributed by atoms with Gasteiger partial charge in [-0.15, -0.1) is 0 Å². The molecule has 6 heteroatoms. The van der Waals surface area contributed by atoms with E-state index in [4.69, 9.17) is 5.73 Å². The number of likely N-dealkylation sites (N-methyl/N-ethyl adjacent to an activating group) is 1. The summed E-state index contributed by atoms with van der Waals surface area (Å²) < 4.78 is 0. The van der Waals surface area contributed by atoms with Crippen molar-refractivity contribution in [2.24, 2.45) is 5.73 Å². The van der Waals surface area contributed by atoms with Crippen LogP contribution in [0.25, 0.3) is 11.0 Å². The summed E-state index contributed by atoms with van der Waals surface area (Å²) in [7, 11) is 3.55. The first-order valence-electron chi connectivity index (χ1n) is 5.16. The Kier molecular flexibility index (Phi) is 2.72. The number of carbonyl (C=O) groups excluding carboxylic acids is 1. The molecule has 1 aromatic heterocycles. The van der Waals surface area contributed by atoms with Crippen LogP contribution in [0.4, 0.5) is 0 Å². The van der Waals surface area contributed by atoms with E-state index in [-0.39, 0.29) is 5.69 Å². The second kappa shape index (κ2) is 4.06. The molecule has 0 aliphatic rings. The van der Waals surface area contributed by atoms with Crippen molar-refractivity contribution >= 4 is 16.9 Å². The Balaban J connectivity index is 2.54. The maximum Gasteiger partial charge on any atom is 0.323 e. The van der Waals surface area contributed by atoms with Gasteiger partial charge in [-0.2, -0.15) is 0 Å². The van der Waals surface area contributed by atoms with Crippen LogP contribution in [0.2, 0.25) is 0 Å². The van der Waals surface area contributed by atoms with Crippen molar-refractivity contribution in [2.45, 2.75) is 6.04 Å². The minimum absolute atomic E-state index is 0.266. The first kappa shape index (κ1) is 11.4. The average molecular weight is 234 g/mol. The van der Waals surface area contributed by atoms with Crippen LogP contribution in [0.5, 0.6) is 0 Å². The van der Waals surface area contributed by atoms with Gasteiger partial charge in [0.05, 0.1) is 11.0 Å². The minimum Gasteiger partial charge on any atom is -0.368 e. The fourth-order valence-electron chi connectivity index (χ4n) is 1.94. The molecule has 1 aromatic carbocycles. The number of nitrogens with one attached hydrogen (secondary N) is 2. The molecular formula is C11H14N4O2. The summed E-state index contributed by atoms with van der Waals surface area (Å²) in [5.41, 5.74) is 7.22. The van der Waals surface area contributed by atoms with Crippen LogP contribution >= 0.6 is 0 Å². The highest BCUT2D eigenvalue weighted by Crippen LogP contribution is 2.20. The lowest BCUT2D eigenvalue weighted by Gasteiger charge is -2.21. The number of imidazole rings is 1. The van der Waals surface area contributed by atoms with E-state index < -0.39 is 11.9 Å². The molecule has 0 saturated heterocycles. The molecule has 6 nitrogen and oxygen atoms in total. The van der Waals surface area contributed by atoms with E-state index in [2.05, 4.69) is 9.97 Å². The number of amides is 1. The number of hydrogen-bond acceptors (Lipinski definition) is 3. The van der Waals surface area contributed by atoms with Crippen molar-refractivity contribution in [1.29, 1.82) is 0 Å². The van der Waals surface area contributed by atoms with E-state index in [9.17, 15) is 9.59 Å². The average Bonchev–Trinajstić information content (AvgIpc) is 2.56. The summed E-state index contributed by atoms with van der Waals surface area (Å²) in [5, 5.41) is 0. The van der Waals surface area contributed by atoms with Gasteiger partial charge in [0.2, 0.25) is 5.91 Å². The highest BCUT2D eigenvalue weighted by molar-refractivity contribution is 5.83. The molecule has 4 N–H and O–H groups in total. The van der Waals surface area contributed by atoms with E-state index in [1.807, 2.05) is 0 Å². The van der Waals surface area contributed by atoms with Crippen molar-refractivity contribution < 1.29 is 4.79 Å². The van der Waals surface area contributed by atoms with Crippen molar-refractivity contribution in [3.8, 4) is 0 Å². The lowest BCUT2D eigenvalue weighted by molar-refractivity contribution is -0.122. The molecular weight excluding hydrogens is 220 g/mol. The number of nitrogens with two attached hydrogens (primary N) is 1. The molecule has 1 atom stereocenters. The molecule has 0 aliphatic heterocycles. The third kappa shape index (κ3) is 2.07. The fraction of sp³-hybridized carbons (Fsp3) is 0.273. The quantitative estimate of drug-likeness (QED) is 0.694. The lowest BCUT2D eigenvalue weighted by atomic mass is 10.0. The molecule has 1 heterocycles. The Morgan fingerprint density at radius 2 is 1.94 bits per heavy atom. The van der Waals surface area contributed by atoms with Gasteiger partial charge >= 0.3 is 5.69 Å². The van der Waals surface area contributed by atoms with E-state index in [0.29, 0.717) is 11.0 Å². The summed E-state index contributed by atoms with van der Waals surface area (Å²) in [4.78, 5) is 29.5. The van der Waals surface area contributed by atoms with Crippen LogP contribution in [0, 0.1) is 0 Å². The Morgan fingerprint density at radius 3 is 2.53 bits per heavy atom. The lowest BCUT2D eigenvalue weighted by Crippen LogP contribution is -2.32. The Hall–Kier alpha value is -2.08. The van der Waals surface area contributed by atoms with Gasteiger partial charge in [-0.25, -0.2) is 4.79 Å². The number of primary amides is 1. The molecule has 0 aliphatic carbocycles. The van der Waals surface area contributed by atoms with E-state index in [1.54, 1.807) is 37.2 Å². The monoisotopic (exact) mass is 234 g/mol. The predicted molar refractivity (Wildman–Crippen MR) is 64.5 cm³/mol. The molecule has 17 heavy (non-hydrogen) atoms. The first-order valence-corrected chi connectivity index (χ1v) is 5.16. The maximum atomic E-state index is 11.4. The number of fused-ring (bicyclic) bond motifs is 1. The largest absolute Gasteiger partial charge is 0.368 e. The van der Waals surface area contributed by atoms with E-state index in [0.717, 1.165) is 5.56 Å². The summed E-state index contributed by atoms with van der Waals surface area (Å²) >= 11 is 0. The van der Waals surface area contributed by atoms with Crippen LogP contribution < -0.4 is 11.4 Å². The number of nitrogens with zero attached hydrogens (tertiary/aromatic N) is 1. The highest BCUT2D eigenvalue weighted by Gasteiger charge is 2.20. The Labute approximate surface area is 97.4 Å². The van der Waals surface area contributed by atoms with Gasteiger partial charge < -0.3 is 15.7 Å². The van der Waals surface area contributed by atoms with Crippen LogP contribution in [0.1, 0.15) is 11.6 Å². The number of rotatable bonds is 3. The smallest absolute Gasteiger partial charge is 0.323 e. The van der Waals surface area contributed by atoms with Crippen LogP contribution in [-0.4, -0.2) is 34.9 Å². The van der Waals surface area contributed by atoms with Gasteiger partial charge in [0.1, 0.15) is 6.04 Å². The Bertz CT molecular complexity index is 611. The van der Waals surface area contributed by atoms with E-state index >= 15 is 0 Å². The zero-order valence-corrected chi connectivity index (χ0v) is 9.65. The van der Waals surface area contributed by atoms with Gasteiger partial charge in [-0.3, -0.25) is 9.69 Å². The third-order valence-corrected chi connectivity index (χ3v) is 2.64. The second-order valence-corrected chi connectivity index (χ2v) is 4.15. The zero-order chi connectivity index (χ0) is 12.6. The van der Waals surface area contributed by atoms with Crippen LogP contribution in [-0.2, 0) is 4.79 Å². The Morgan fingerprint density at radius 1 is 1.29 bits per heavy atom. The second-order valence-electron chi connectivity index (χ2n) is 4.15. The van der Waals surface area contributed by atoms with Crippen LogP contribution in [0.3, 0.4) is 0 Å². The molecule has 0 fully saturated rings. The molecule has 0 radical (unpaired) electrons. The summed E-state index contributed by atoms with van der Waals surface area (Å²) in [6.45, 7) is 0. The molecule has 0 spiro atoms. The molecule has 2 aromatic rings. The number of carbonyl (C=O) groups is 1. The normalized spacial score (nSPS) is 13.1. The predicted octanol–water partition coefficient (Wildman–Crippen LogP) is -0.0558. The standard InChI is InChI=1S/C11H14N4O2/c1-15(2)9(10(12)16)6-3-4-7-8(5-6)14-11(17)13-7/h3-5,9H,1-2H3,(H2,12,16)(H2,13,14,17). The molecule has 2 rings (SSSR count). The topological polar surface area (TPSA) is 95.0 Å². The fourth-order valence-corrected chi connectivity index (χ4v) is 1.94. The zero-order valence-electron chi connectivity index (χ0n) is 9.65. The van der Waals surface area contributed by atoms with E-state index in [1.165, 1.54) is 0 Å². The van der Waals surface area contributed by atoms with Crippen LogP contribution in [0.15, 0.2) is 23.0 Å². The number of aromatic amines is 2. The van der Waals surface area contributed by atoms with Gasteiger partial charge in [0.15, 0.2) is 0 Å². The molecule has 1 amide bonds. The summed E-state index contributed by atoms with van der Waals surface area (Å²) in [6, 6.07) is 4.78. The van der Waals surface area contributed by atoms with Gasteiger partial charge in [0.25, 0.3) is 0 Å². The number of hydrogen-bond donors (Lipinski definition) is 3. The molecule has 90 valence electrons. The maximum absolute atomic E-state index is 11.4. The first-order chi connectivity index (χ1) is 7.99. The van der Waals surface area contributed by atoms with Gasteiger partial charge in [-0.1, -0.05) is 6.07 Å². The molecule has 0 saturated carbocycles. The molecule has 1 unspecified atom stereocenters. The number of aromatic nitrogens is 2. The van der Waals surface area contributed by atoms with Crippen molar-refractivity contribution in [2.75, 3.05) is 14.1 Å².